The molecular weight excluding hydrogens is 400 g/mol. The second-order valence-corrected chi connectivity index (χ2v) is 6.79. The summed E-state index contributed by atoms with van der Waals surface area (Å²) in [6.07, 6.45) is 3.19. The molecule has 1 amide bonds. The average Bonchev–Trinajstić information content (AvgIpc) is 2.76. The zero-order valence-corrected chi connectivity index (χ0v) is 18.2. The number of esters is 1. The molecule has 1 aromatic carbocycles. The Morgan fingerprint density at radius 1 is 1.10 bits per heavy atom. The molecule has 1 aromatic heterocycles. The first-order valence-electron chi connectivity index (χ1n) is 9.77. The molecular formula is C22H28N4O5. The molecule has 0 spiro atoms. The van der Waals surface area contributed by atoms with Crippen molar-refractivity contribution in [3.8, 4) is 0 Å². The highest BCUT2D eigenvalue weighted by molar-refractivity contribution is 5.81. The third kappa shape index (κ3) is 7.96. The van der Waals surface area contributed by atoms with E-state index in [-0.39, 0.29) is 5.97 Å². The highest BCUT2D eigenvalue weighted by Crippen LogP contribution is 2.18. The molecule has 0 radical (unpaired) electrons. The minimum atomic E-state index is -0.602. The van der Waals surface area contributed by atoms with Crippen LogP contribution in [0.4, 0.5) is 10.5 Å². The van der Waals surface area contributed by atoms with Crippen molar-refractivity contribution >= 4 is 24.0 Å². The molecule has 0 fully saturated rings. The topological polar surface area (TPSA) is 111 Å². The van der Waals surface area contributed by atoms with E-state index in [0.29, 0.717) is 31.4 Å². The standard InChI is InChI=1S/C22H28N4O5/c1-15-10-16(8-9-17(15)14-23-31-4)11-19-13-20(25-26-22(28)30-3)12-18(24-19)6-5-7-21(27)29-2/h8-10,12-14H,5-7,11H2,1-4H3,(H,24,25)(H,26,28)/b23-14+. The van der Waals surface area contributed by atoms with E-state index in [1.807, 2.05) is 31.2 Å². The molecule has 0 saturated carbocycles. The van der Waals surface area contributed by atoms with Crippen LogP contribution in [0.1, 0.15) is 40.9 Å². The first-order valence-corrected chi connectivity index (χ1v) is 9.77. The van der Waals surface area contributed by atoms with Crippen molar-refractivity contribution in [1.29, 1.82) is 0 Å². The van der Waals surface area contributed by atoms with Crippen LogP contribution in [0.2, 0.25) is 0 Å². The number of hydrazine groups is 1. The molecule has 0 aliphatic rings. The summed E-state index contributed by atoms with van der Waals surface area (Å²) in [5.41, 5.74) is 10.7. The minimum Gasteiger partial charge on any atom is -0.469 e. The van der Waals surface area contributed by atoms with Gasteiger partial charge >= 0.3 is 12.1 Å². The van der Waals surface area contributed by atoms with Gasteiger partial charge in [-0.2, -0.15) is 0 Å². The highest BCUT2D eigenvalue weighted by atomic mass is 16.6. The van der Waals surface area contributed by atoms with Crippen LogP contribution >= 0.6 is 0 Å². The predicted octanol–water partition coefficient (Wildman–Crippen LogP) is 3.14. The highest BCUT2D eigenvalue weighted by Gasteiger charge is 2.08. The Morgan fingerprint density at radius 3 is 2.55 bits per heavy atom. The van der Waals surface area contributed by atoms with Gasteiger partial charge in [0.1, 0.15) is 7.11 Å². The van der Waals surface area contributed by atoms with Gasteiger partial charge in [0, 0.05) is 24.2 Å². The Kier molecular flexibility index (Phi) is 9.28. The molecule has 0 bridgehead atoms. The molecule has 0 aliphatic carbocycles. The Bertz CT molecular complexity index is 930. The van der Waals surface area contributed by atoms with Gasteiger partial charge < -0.3 is 14.3 Å². The number of nitrogens with zero attached hydrogens (tertiary/aromatic N) is 2. The normalized spacial score (nSPS) is 10.6. The van der Waals surface area contributed by atoms with Gasteiger partial charge in [0.2, 0.25) is 0 Å². The van der Waals surface area contributed by atoms with Crippen LogP contribution in [-0.2, 0) is 31.9 Å². The molecule has 0 aliphatic heterocycles. The predicted molar refractivity (Wildman–Crippen MR) is 117 cm³/mol. The van der Waals surface area contributed by atoms with E-state index in [1.54, 1.807) is 6.21 Å². The monoisotopic (exact) mass is 428 g/mol. The maximum absolute atomic E-state index is 11.4. The number of oxime groups is 1. The van der Waals surface area contributed by atoms with Crippen LogP contribution in [0.15, 0.2) is 35.5 Å². The number of aryl methyl sites for hydroxylation is 2. The fourth-order valence-corrected chi connectivity index (χ4v) is 2.94. The fraction of sp³-hybridized carbons (Fsp3) is 0.364. The summed E-state index contributed by atoms with van der Waals surface area (Å²) in [6, 6.07) is 9.74. The Balaban J connectivity index is 2.20. The number of aromatic nitrogens is 1. The third-order valence-electron chi connectivity index (χ3n) is 4.48. The minimum absolute atomic E-state index is 0.255. The summed E-state index contributed by atoms with van der Waals surface area (Å²) in [5.74, 6) is -0.255. The Hall–Kier alpha value is -3.62. The number of ether oxygens (including phenoxy) is 2. The van der Waals surface area contributed by atoms with E-state index < -0.39 is 6.09 Å². The van der Waals surface area contributed by atoms with Gasteiger partial charge in [-0.1, -0.05) is 23.4 Å². The fourth-order valence-electron chi connectivity index (χ4n) is 2.94. The van der Waals surface area contributed by atoms with Crippen molar-refractivity contribution in [3.05, 3.63) is 58.4 Å². The Labute approximate surface area is 181 Å². The summed E-state index contributed by atoms with van der Waals surface area (Å²) >= 11 is 0. The van der Waals surface area contributed by atoms with Crippen molar-refractivity contribution in [2.75, 3.05) is 26.8 Å². The maximum atomic E-state index is 11.4. The van der Waals surface area contributed by atoms with Crippen LogP contribution in [0.25, 0.3) is 0 Å². The lowest BCUT2D eigenvalue weighted by Gasteiger charge is -2.12. The van der Waals surface area contributed by atoms with Crippen molar-refractivity contribution in [2.45, 2.75) is 32.6 Å². The number of carbonyl (C=O) groups is 2. The van der Waals surface area contributed by atoms with Gasteiger partial charge in [0.25, 0.3) is 0 Å². The van der Waals surface area contributed by atoms with Gasteiger partial charge in [0.05, 0.1) is 26.1 Å². The number of hydrogen-bond acceptors (Lipinski definition) is 8. The van der Waals surface area contributed by atoms with Crippen LogP contribution < -0.4 is 10.9 Å². The molecule has 2 aromatic rings. The first-order chi connectivity index (χ1) is 14.9. The van der Waals surface area contributed by atoms with Crippen LogP contribution in [0.5, 0.6) is 0 Å². The van der Waals surface area contributed by atoms with E-state index in [9.17, 15) is 9.59 Å². The zero-order valence-electron chi connectivity index (χ0n) is 18.2. The molecule has 9 nitrogen and oxygen atoms in total. The number of hydrogen-bond donors (Lipinski definition) is 2. The largest absolute Gasteiger partial charge is 0.469 e. The number of carbonyl (C=O) groups excluding carboxylic acids is 2. The maximum Gasteiger partial charge on any atom is 0.425 e. The van der Waals surface area contributed by atoms with Crippen molar-refractivity contribution in [1.82, 2.24) is 10.4 Å². The van der Waals surface area contributed by atoms with Gasteiger partial charge in [-0.3, -0.25) is 15.2 Å². The number of rotatable bonds is 10. The number of anilines is 1. The number of benzene rings is 1. The van der Waals surface area contributed by atoms with Crippen LogP contribution in [0.3, 0.4) is 0 Å². The van der Waals surface area contributed by atoms with Crippen molar-refractivity contribution in [3.63, 3.8) is 0 Å². The summed E-state index contributed by atoms with van der Waals surface area (Å²) in [6.45, 7) is 2.00. The third-order valence-corrected chi connectivity index (χ3v) is 4.48. The summed E-state index contributed by atoms with van der Waals surface area (Å²) in [7, 11) is 4.16. The van der Waals surface area contributed by atoms with Gasteiger partial charge in [0.15, 0.2) is 0 Å². The molecule has 1 heterocycles. The number of amides is 1. The van der Waals surface area contributed by atoms with E-state index >= 15 is 0 Å². The van der Waals surface area contributed by atoms with Gasteiger partial charge in [-0.15, -0.1) is 0 Å². The van der Waals surface area contributed by atoms with Crippen LogP contribution in [-0.4, -0.2) is 44.6 Å². The first kappa shape index (κ1) is 23.7. The number of nitrogens with one attached hydrogen (secondary N) is 2. The zero-order chi connectivity index (χ0) is 22.6. The summed E-state index contributed by atoms with van der Waals surface area (Å²) in [4.78, 5) is 32.2. The van der Waals surface area contributed by atoms with Gasteiger partial charge in [-0.05, 0) is 48.6 Å². The molecule has 0 saturated heterocycles. The van der Waals surface area contributed by atoms with Crippen molar-refractivity contribution in [2.24, 2.45) is 5.16 Å². The lowest BCUT2D eigenvalue weighted by molar-refractivity contribution is -0.140. The molecule has 0 unspecified atom stereocenters. The molecule has 9 heteroatoms. The average molecular weight is 428 g/mol. The number of pyridine rings is 1. The smallest absolute Gasteiger partial charge is 0.425 e. The lowest BCUT2D eigenvalue weighted by atomic mass is 10.0. The summed E-state index contributed by atoms with van der Waals surface area (Å²) < 4.78 is 9.27. The van der Waals surface area contributed by atoms with Gasteiger partial charge in [-0.25, -0.2) is 10.2 Å². The second-order valence-electron chi connectivity index (χ2n) is 6.79. The quantitative estimate of drug-likeness (QED) is 0.340. The van der Waals surface area contributed by atoms with Crippen molar-refractivity contribution < 1.29 is 23.9 Å². The molecule has 2 N–H and O–H groups in total. The second kappa shape index (κ2) is 12.2. The van der Waals surface area contributed by atoms with Crippen LogP contribution in [0, 0.1) is 6.92 Å². The van der Waals surface area contributed by atoms with E-state index in [1.165, 1.54) is 21.3 Å². The molecule has 2 rings (SSSR count). The Morgan fingerprint density at radius 2 is 1.87 bits per heavy atom. The molecule has 166 valence electrons. The summed E-state index contributed by atoms with van der Waals surface area (Å²) in [5, 5.41) is 3.81. The number of methoxy groups -OCH3 is 2. The molecule has 0 atom stereocenters. The van der Waals surface area contributed by atoms with E-state index in [2.05, 4.69) is 31.5 Å². The van der Waals surface area contributed by atoms with E-state index in [4.69, 9.17) is 9.82 Å². The molecule has 31 heavy (non-hydrogen) atoms. The lowest BCUT2D eigenvalue weighted by Crippen LogP contribution is -2.29. The SMILES string of the molecule is CO/N=C/c1ccc(Cc2cc(NNC(=O)OC)cc(CCCC(=O)OC)n2)cc1C. The van der Waals surface area contributed by atoms with E-state index in [0.717, 1.165) is 28.1 Å².